The van der Waals surface area contributed by atoms with Crippen LogP contribution in [0, 0.1) is 5.92 Å². The van der Waals surface area contributed by atoms with Gasteiger partial charge in [-0.25, -0.2) is 0 Å². The summed E-state index contributed by atoms with van der Waals surface area (Å²) in [6, 6.07) is -0.108. The van der Waals surface area contributed by atoms with Crippen LogP contribution < -0.4 is 5.32 Å². The monoisotopic (exact) mass is 294 g/mol. The van der Waals surface area contributed by atoms with Crippen LogP contribution in [0.3, 0.4) is 0 Å². The number of amides is 2. The minimum Gasteiger partial charge on any atom is -0.305 e. The van der Waals surface area contributed by atoms with Gasteiger partial charge in [0.25, 0.3) is 0 Å². The molecular formula is C17H30N2O2. The van der Waals surface area contributed by atoms with Gasteiger partial charge in [0.05, 0.1) is 12.5 Å². The standard InChI is InChI=1S/C17H30N2O2/c1-13(2)8-7-11-18-15-12-16(20)19(17(15)21)14-9-5-3-4-6-10-14/h13-15,18H,3-12H2,1-2H3. The summed E-state index contributed by atoms with van der Waals surface area (Å²) in [5.41, 5.74) is 0. The van der Waals surface area contributed by atoms with E-state index in [1.54, 1.807) is 4.90 Å². The normalized spacial score (nSPS) is 24.9. The quantitative estimate of drug-likeness (QED) is 0.465. The fourth-order valence-corrected chi connectivity index (χ4v) is 3.50. The molecule has 1 unspecified atom stereocenters. The summed E-state index contributed by atoms with van der Waals surface area (Å²) in [6.45, 7) is 5.25. The summed E-state index contributed by atoms with van der Waals surface area (Å²) in [7, 11) is 0. The first-order chi connectivity index (χ1) is 10.1. The van der Waals surface area contributed by atoms with Crippen LogP contribution in [-0.4, -0.2) is 35.3 Å². The lowest BCUT2D eigenvalue weighted by atomic mass is 10.1. The van der Waals surface area contributed by atoms with Gasteiger partial charge < -0.3 is 5.32 Å². The molecule has 2 fully saturated rings. The molecule has 0 bridgehead atoms. The highest BCUT2D eigenvalue weighted by molar-refractivity contribution is 6.05. The highest BCUT2D eigenvalue weighted by Crippen LogP contribution is 2.26. The van der Waals surface area contributed by atoms with E-state index in [9.17, 15) is 9.59 Å². The van der Waals surface area contributed by atoms with Gasteiger partial charge in [0.15, 0.2) is 0 Å². The van der Waals surface area contributed by atoms with E-state index in [0.717, 1.165) is 45.1 Å². The Bertz CT molecular complexity index is 360. The Balaban J connectivity index is 1.84. The SMILES string of the molecule is CC(C)CCCNC1CC(=O)N(C2CCCCCC2)C1=O. The molecule has 0 aromatic rings. The lowest BCUT2D eigenvalue weighted by Crippen LogP contribution is -2.44. The molecule has 1 N–H and O–H groups in total. The number of nitrogens with one attached hydrogen (secondary N) is 1. The van der Waals surface area contributed by atoms with Gasteiger partial charge in [0.2, 0.25) is 11.8 Å². The molecule has 1 saturated heterocycles. The average Bonchev–Trinajstić information content (AvgIpc) is 2.63. The van der Waals surface area contributed by atoms with E-state index in [1.807, 2.05) is 0 Å². The topological polar surface area (TPSA) is 49.4 Å². The highest BCUT2D eigenvalue weighted by Gasteiger charge is 2.41. The average molecular weight is 294 g/mol. The van der Waals surface area contributed by atoms with E-state index >= 15 is 0 Å². The number of carbonyl (C=O) groups is 2. The molecule has 0 aromatic heterocycles. The van der Waals surface area contributed by atoms with E-state index in [4.69, 9.17) is 0 Å². The molecule has 4 heteroatoms. The summed E-state index contributed by atoms with van der Waals surface area (Å²) in [4.78, 5) is 26.3. The van der Waals surface area contributed by atoms with Crippen molar-refractivity contribution in [2.75, 3.05) is 6.54 Å². The zero-order valence-corrected chi connectivity index (χ0v) is 13.6. The maximum Gasteiger partial charge on any atom is 0.247 e. The number of likely N-dealkylation sites (tertiary alicyclic amines) is 1. The molecule has 0 aromatic carbocycles. The summed E-state index contributed by atoms with van der Waals surface area (Å²) in [5, 5.41) is 3.29. The fourth-order valence-electron chi connectivity index (χ4n) is 3.50. The Hall–Kier alpha value is -0.900. The van der Waals surface area contributed by atoms with E-state index in [0.29, 0.717) is 12.3 Å². The Morgan fingerprint density at radius 1 is 1.14 bits per heavy atom. The van der Waals surface area contributed by atoms with Crippen molar-refractivity contribution in [3.05, 3.63) is 0 Å². The maximum absolute atomic E-state index is 12.5. The van der Waals surface area contributed by atoms with Crippen molar-refractivity contribution >= 4 is 11.8 Å². The van der Waals surface area contributed by atoms with Gasteiger partial charge >= 0.3 is 0 Å². The first-order valence-electron chi connectivity index (χ1n) is 8.69. The van der Waals surface area contributed by atoms with Crippen LogP contribution in [0.15, 0.2) is 0 Å². The molecule has 120 valence electrons. The molecule has 2 aliphatic rings. The molecule has 1 saturated carbocycles. The minimum absolute atomic E-state index is 0.0245. The van der Waals surface area contributed by atoms with Gasteiger partial charge in [0.1, 0.15) is 0 Å². The third-order valence-corrected chi connectivity index (χ3v) is 4.72. The Morgan fingerprint density at radius 3 is 2.43 bits per heavy atom. The summed E-state index contributed by atoms with van der Waals surface area (Å²) >= 11 is 0. The predicted octanol–water partition coefficient (Wildman–Crippen LogP) is 2.86. The summed E-state index contributed by atoms with van der Waals surface area (Å²) < 4.78 is 0. The number of carbonyl (C=O) groups excluding carboxylic acids is 2. The van der Waals surface area contributed by atoms with Gasteiger partial charge in [-0.2, -0.15) is 0 Å². The third kappa shape index (κ3) is 4.53. The van der Waals surface area contributed by atoms with Crippen LogP contribution in [0.25, 0.3) is 0 Å². The fraction of sp³-hybridized carbons (Fsp3) is 0.882. The Morgan fingerprint density at radius 2 is 1.81 bits per heavy atom. The molecule has 4 nitrogen and oxygen atoms in total. The van der Waals surface area contributed by atoms with Crippen LogP contribution >= 0.6 is 0 Å². The van der Waals surface area contributed by atoms with Crippen LogP contribution in [0.4, 0.5) is 0 Å². The molecule has 21 heavy (non-hydrogen) atoms. The van der Waals surface area contributed by atoms with Crippen molar-refractivity contribution in [1.82, 2.24) is 10.2 Å². The number of nitrogens with zero attached hydrogens (tertiary/aromatic N) is 1. The molecular weight excluding hydrogens is 264 g/mol. The second kappa shape index (κ2) is 7.92. The molecule has 2 rings (SSSR count). The van der Waals surface area contributed by atoms with Crippen molar-refractivity contribution in [2.24, 2.45) is 5.92 Å². The largest absolute Gasteiger partial charge is 0.305 e. The lowest BCUT2D eigenvalue weighted by Gasteiger charge is -2.25. The highest BCUT2D eigenvalue weighted by atomic mass is 16.2. The van der Waals surface area contributed by atoms with Crippen LogP contribution in [0.5, 0.6) is 0 Å². The number of hydrogen-bond donors (Lipinski definition) is 1. The molecule has 1 atom stereocenters. The van der Waals surface area contributed by atoms with Crippen molar-refractivity contribution in [2.45, 2.75) is 83.7 Å². The van der Waals surface area contributed by atoms with Gasteiger partial charge in [-0.15, -0.1) is 0 Å². The Kier molecular flexibility index (Phi) is 6.22. The maximum atomic E-state index is 12.5. The van der Waals surface area contributed by atoms with E-state index in [-0.39, 0.29) is 23.9 Å². The van der Waals surface area contributed by atoms with Gasteiger partial charge in [-0.3, -0.25) is 14.5 Å². The lowest BCUT2D eigenvalue weighted by molar-refractivity contribution is -0.141. The number of imide groups is 1. The second-order valence-corrected chi connectivity index (χ2v) is 6.99. The van der Waals surface area contributed by atoms with Gasteiger partial charge in [-0.1, -0.05) is 39.5 Å². The zero-order chi connectivity index (χ0) is 15.2. The van der Waals surface area contributed by atoms with Crippen molar-refractivity contribution in [3.63, 3.8) is 0 Å². The molecule has 1 aliphatic carbocycles. The van der Waals surface area contributed by atoms with Crippen molar-refractivity contribution in [3.8, 4) is 0 Å². The minimum atomic E-state index is -0.270. The van der Waals surface area contributed by atoms with E-state index in [2.05, 4.69) is 19.2 Å². The van der Waals surface area contributed by atoms with E-state index < -0.39 is 0 Å². The number of rotatable bonds is 6. The van der Waals surface area contributed by atoms with Crippen LogP contribution in [0.1, 0.15) is 71.6 Å². The van der Waals surface area contributed by atoms with Gasteiger partial charge in [-0.05, 0) is 38.1 Å². The Labute approximate surface area is 128 Å². The zero-order valence-electron chi connectivity index (χ0n) is 13.6. The van der Waals surface area contributed by atoms with Crippen molar-refractivity contribution < 1.29 is 9.59 Å². The second-order valence-electron chi connectivity index (χ2n) is 6.99. The first kappa shape index (κ1) is 16.5. The van der Waals surface area contributed by atoms with E-state index in [1.165, 1.54) is 12.8 Å². The number of hydrogen-bond acceptors (Lipinski definition) is 3. The first-order valence-corrected chi connectivity index (χ1v) is 8.69. The smallest absolute Gasteiger partial charge is 0.247 e. The molecule has 1 aliphatic heterocycles. The third-order valence-electron chi connectivity index (χ3n) is 4.72. The van der Waals surface area contributed by atoms with Crippen LogP contribution in [0.2, 0.25) is 0 Å². The molecule has 0 spiro atoms. The summed E-state index contributed by atoms with van der Waals surface area (Å²) in [6.07, 6.45) is 9.36. The molecule has 2 amide bonds. The van der Waals surface area contributed by atoms with Crippen LogP contribution in [-0.2, 0) is 9.59 Å². The van der Waals surface area contributed by atoms with Gasteiger partial charge in [0, 0.05) is 6.04 Å². The predicted molar refractivity (Wildman–Crippen MR) is 83.8 cm³/mol. The molecule has 1 heterocycles. The van der Waals surface area contributed by atoms with Crippen molar-refractivity contribution in [1.29, 1.82) is 0 Å². The molecule has 0 radical (unpaired) electrons. The summed E-state index contributed by atoms with van der Waals surface area (Å²) in [5.74, 6) is 0.750.